The summed E-state index contributed by atoms with van der Waals surface area (Å²) >= 11 is 0. The van der Waals surface area contributed by atoms with Crippen LogP contribution in [0.3, 0.4) is 0 Å². The maximum absolute atomic E-state index is 12.5. The molecule has 9 atom stereocenters. The van der Waals surface area contributed by atoms with Gasteiger partial charge in [-0.25, -0.2) is 15.0 Å². The summed E-state index contributed by atoms with van der Waals surface area (Å²) in [6.07, 6.45) is 26.5. The number of pyridine rings is 4. The van der Waals surface area contributed by atoms with Crippen LogP contribution in [-0.4, -0.2) is 185 Å². The van der Waals surface area contributed by atoms with Gasteiger partial charge in [0.05, 0.1) is 65.6 Å². The number of fused-ring (bicyclic) bond motifs is 3. The standard InChI is InChI=1S/2C30H38N4O4.C29H40N4O4/c2*31-19-21-9-12-25(26(18-21)27-8-2-4-17-38-27)28(30(35)36)34-15-13-24(20-34)37-16-3-1-7-23-11-10-22-6-5-14-32-29(22)33-23;1-20-10-13-24(26(31-20)25-9-3-5-18-37-25)27(29(34)35)33-16-14-23(19-33)36-17-4-2-8-22-12-11-21-7-6-15-30-28(21)32-22/h2*9-12,18,24,27-28H,1-8,13-17,20H2,(H,32,33)(H,35,36);10-13,23,25,27H,2-9,14-19H2,1H3,(H,30,32)(H,34,35)/t24-,27?,28+;24-,27?,28-;23-,25?,27+/m111/s1. The molecule has 6 N–H and O–H groups in total. The number of nitriles is 2. The number of carboxylic acids is 3. The normalized spacial score (nSPS) is 22.5. The molecule has 15 rings (SSSR count). The van der Waals surface area contributed by atoms with Crippen LogP contribution in [0.4, 0.5) is 17.5 Å². The Bertz CT molecular complexity index is 4050. The molecule has 24 nitrogen and oxygen atoms in total. The molecule has 2 aromatic carbocycles. The molecule has 6 fully saturated rings. The fourth-order valence-corrected chi connectivity index (χ4v) is 17.7. The minimum atomic E-state index is -0.876. The van der Waals surface area contributed by atoms with Gasteiger partial charge >= 0.3 is 17.9 Å². The topological polar surface area (TPSA) is 312 Å². The molecule has 0 amide bonds. The minimum absolute atomic E-state index is 0.0238. The lowest BCUT2D eigenvalue weighted by Gasteiger charge is -2.30. The lowest BCUT2D eigenvalue weighted by Crippen LogP contribution is -2.35. The van der Waals surface area contributed by atoms with Crippen molar-refractivity contribution >= 4 is 35.4 Å². The van der Waals surface area contributed by atoms with Gasteiger partial charge in [0.2, 0.25) is 0 Å². The van der Waals surface area contributed by atoms with Crippen molar-refractivity contribution in [3.63, 3.8) is 0 Å². The van der Waals surface area contributed by atoms with E-state index in [0.717, 1.165) is 247 Å². The maximum Gasteiger partial charge on any atom is 0.325 e. The lowest BCUT2D eigenvalue weighted by molar-refractivity contribution is -0.144. The number of unbranched alkanes of at least 4 members (excludes halogenated alkanes) is 3. The highest BCUT2D eigenvalue weighted by molar-refractivity contribution is 5.78. The number of aromatic nitrogens is 4. The second-order valence-corrected chi connectivity index (χ2v) is 31.8. The molecule has 24 heteroatoms. The van der Waals surface area contributed by atoms with Gasteiger partial charge in [-0.2, -0.15) is 10.5 Å². The Morgan fingerprint density at radius 3 is 1.17 bits per heavy atom. The molecule has 3 unspecified atom stereocenters. The highest BCUT2D eigenvalue weighted by Gasteiger charge is 2.41. The fourth-order valence-electron chi connectivity index (χ4n) is 17.7. The van der Waals surface area contributed by atoms with E-state index in [1.807, 2.05) is 58.0 Å². The van der Waals surface area contributed by atoms with Crippen LogP contribution in [0.15, 0.2) is 84.9 Å². The molecule has 9 aliphatic heterocycles. The van der Waals surface area contributed by atoms with Gasteiger partial charge in [0, 0.05) is 127 Å². The van der Waals surface area contributed by atoms with Crippen molar-refractivity contribution in [3.05, 3.63) is 169 Å². The number of aliphatic carboxylic acids is 3. The number of rotatable bonds is 30. The lowest BCUT2D eigenvalue weighted by atomic mass is 9.90. The SMILES string of the molecule is Cc1ccc([C@@H](C(=O)O)N2CC[C@@H](OCCCCc3ccc4c(n3)NCCC4)C2)c(C2CCCCO2)n1.N#Cc1ccc([C@@H](C(=O)O)N2CC[C@@H](OCCCCc3ccc4c(n3)NCCC4)C2)c(C2CCCCO2)c1.N#Cc1ccc([C@H](C(=O)O)N2CC[C@@H](OCCCCc3ccc4c(n3)NCCC4)C2)c(C2CCCCO2)c1. The van der Waals surface area contributed by atoms with Crippen molar-refractivity contribution < 1.29 is 58.1 Å². The highest BCUT2D eigenvalue weighted by Crippen LogP contribution is 2.41. The van der Waals surface area contributed by atoms with Crippen LogP contribution < -0.4 is 16.0 Å². The number of likely N-dealkylation sites (tertiary alicyclic amines) is 3. The van der Waals surface area contributed by atoms with Gasteiger partial charge in [-0.15, -0.1) is 0 Å². The third-order valence-corrected chi connectivity index (χ3v) is 23.7. The third kappa shape index (κ3) is 22.5. The van der Waals surface area contributed by atoms with Gasteiger partial charge in [-0.05, 0) is 268 Å². The molecule has 9 aliphatic rings. The van der Waals surface area contributed by atoms with Crippen molar-refractivity contribution in [3.8, 4) is 12.1 Å². The number of nitrogens with one attached hydrogen (secondary N) is 3. The number of ether oxygens (including phenoxy) is 6. The first-order valence-corrected chi connectivity index (χ1v) is 42.2. The van der Waals surface area contributed by atoms with Crippen LogP contribution in [0.25, 0.3) is 0 Å². The quantitative estimate of drug-likeness (QED) is 0.0228. The summed E-state index contributed by atoms with van der Waals surface area (Å²) in [6.45, 7) is 12.8. The summed E-state index contributed by atoms with van der Waals surface area (Å²) in [5.74, 6) is 0.560. The number of carbonyl (C=O) groups is 3. The molecule has 0 radical (unpaired) electrons. The van der Waals surface area contributed by atoms with Gasteiger partial charge < -0.3 is 59.7 Å². The molecule has 4 aromatic heterocycles. The summed E-state index contributed by atoms with van der Waals surface area (Å²) in [5, 5.41) is 59.8. The van der Waals surface area contributed by atoms with Crippen molar-refractivity contribution in [1.29, 1.82) is 10.5 Å². The van der Waals surface area contributed by atoms with Crippen LogP contribution in [0.2, 0.25) is 0 Å². The van der Waals surface area contributed by atoms with Crippen LogP contribution in [0, 0.1) is 29.6 Å². The van der Waals surface area contributed by atoms with E-state index in [-0.39, 0.29) is 36.6 Å². The first-order valence-electron chi connectivity index (χ1n) is 42.2. The summed E-state index contributed by atoms with van der Waals surface area (Å²) in [7, 11) is 0. The van der Waals surface area contributed by atoms with E-state index in [2.05, 4.69) is 64.5 Å². The number of nitrogens with zero attached hydrogens (tertiary/aromatic N) is 9. The average molecular weight is 1550 g/mol. The van der Waals surface area contributed by atoms with Gasteiger partial charge in [0.1, 0.15) is 35.6 Å². The Labute approximate surface area is 666 Å². The third-order valence-electron chi connectivity index (χ3n) is 23.7. The molecule has 604 valence electrons. The first-order chi connectivity index (χ1) is 55.3. The molecule has 6 saturated heterocycles. The molecule has 113 heavy (non-hydrogen) atoms. The predicted molar refractivity (Wildman–Crippen MR) is 430 cm³/mol. The second-order valence-electron chi connectivity index (χ2n) is 31.8. The van der Waals surface area contributed by atoms with Crippen molar-refractivity contribution in [2.45, 2.75) is 235 Å². The van der Waals surface area contributed by atoms with Crippen molar-refractivity contribution in [2.24, 2.45) is 0 Å². The maximum atomic E-state index is 12.5. The largest absolute Gasteiger partial charge is 0.480 e. The van der Waals surface area contributed by atoms with Crippen molar-refractivity contribution in [2.75, 3.05) is 114 Å². The first kappa shape index (κ1) is 82.5. The van der Waals surface area contributed by atoms with Gasteiger partial charge in [0.25, 0.3) is 0 Å². The van der Waals surface area contributed by atoms with Crippen LogP contribution in [0.1, 0.15) is 255 Å². The fraction of sp³-hybridized carbons (Fsp3) is 0.584. The smallest absolute Gasteiger partial charge is 0.325 e. The van der Waals surface area contributed by atoms with E-state index in [1.54, 1.807) is 12.1 Å². The second kappa shape index (κ2) is 41.7. The van der Waals surface area contributed by atoms with Crippen LogP contribution in [-0.2, 0) is 81.3 Å². The Morgan fingerprint density at radius 2 is 0.814 bits per heavy atom. The number of carboxylic acid groups (broad SMARTS) is 3. The van der Waals surface area contributed by atoms with Gasteiger partial charge in [0.15, 0.2) is 0 Å². The summed E-state index contributed by atoms with van der Waals surface area (Å²) < 4.78 is 36.5. The molecule has 0 saturated carbocycles. The van der Waals surface area contributed by atoms with Crippen LogP contribution in [0.5, 0.6) is 0 Å². The monoisotopic (exact) mass is 1540 g/mol. The Hall–Kier alpha value is -8.53. The van der Waals surface area contributed by atoms with E-state index in [1.165, 1.54) is 36.0 Å². The summed E-state index contributed by atoms with van der Waals surface area (Å²) in [4.78, 5) is 62.6. The Morgan fingerprint density at radius 1 is 0.451 bits per heavy atom. The molecular weight excluding hydrogens is 1430 g/mol. The zero-order chi connectivity index (χ0) is 78.3. The number of anilines is 3. The zero-order valence-electron chi connectivity index (χ0n) is 66.0. The van der Waals surface area contributed by atoms with E-state index >= 15 is 0 Å². The zero-order valence-corrected chi connectivity index (χ0v) is 66.0. The number of aryl methyl sites for hydroxylation is 7. The van der Waals surface area contributed by atoms with E-state index < -0.39 is 36.0 Å². The van der Waals surface area contributed by atoms with E-state index in [0.29, 0.717) is 90.0 Å². The Kier molecular flexibility index (Phi) is 30.4. The molecule has 0 bridgehead atoms. The van der Waals surface area contributed by atoms with Crippen LogP contribution >= 0.6 is 0 Å². The van der Waals surface area contributed by atoms with Crippen molar-refractivity contribution in [1.82, 2.24) is 34.6 Å². The molecular formula is C89H116N12O12. The molecule has 6 aromatic rings. The number of benzene rings is 2. The Balaban J connectivity index is 0.000000148. The number of hydrogen-bond donors (Lipinski definition) is 6. The molecule has 0 aliphatic carbocycles. The van der Waals surface area contributed by atoms with Gasteiger partial charge in [-0.1, -0.05) is 36.4 Å². The molecule has 13 heterocycles. The predicted octanol–water partition coefficient (Wildman–Crippen LogP) is 14.2. The average Bonchev–Trinajstić information content (AvgIpc) is 1.78. The summed E-state index contributed by atoms with van der Waals surface area (Å²) in [5.41, 5.74) is 14.0. The van der Waals surface area contributed by atoms with E-state index in [9.17, 15) is 40.2 Å². The minimum Gasteiger partial charge on any atom is -0.480 e. The highest BCUT2D eigenvalue weighted by atomic mass is 16.5. The summed E-state index contributed by atoms with van der Waals surface area (Å²) in [6, 6.07) is 29.7. The van der Waals surface area contributed by atoms with Gasteiger partial charge in [-0.3, -0.25) is 34.1 Å². The molecule has 0 spiro atoms. The van der Waals surface area contributed by atoms with E-state index in [4.69, 9.17) is 48.4 Å². The number of hydrogen-bond acceptors (Lipinski definition) is 21.